The van der Waals surface area contributed by atoms with Crippen LogP contribution in [0.2, 0.25) is 0 Å². The van der Waals surface area contributed by atoms with Crippen molar-refractivity contribution >= 4 is 21.9 Å². The number of hydrogen-bond acceptors (Lipinski definition) is 3. The van der Waals surface area contributed by atoms with Crippen LogP contribution in [0.15, 0.2) is 18.2 Å². The van der Waals surface area contributed by atoms with E-state index < -0.39 is 0 Å². The topological polar surface area (TPSA) is 35.5 Å². The number of aryl methyl sites for hydroxylation is 1. The zero-order valence-corrected chi connectivity index (χ0v) is 11.0. The molecule has 0 heterocycles. The summed E-state index contributed by atoms with van der Waals surface area (Å²) in [6, 6.07) is 5.87. The van der Waals surface area contributed by atoms with Crippen LogP contribution in [-0.2, 0) is 14.9 Å². The minimum Gasteiger partial charge on any atom is -0.481 e. The van der Waals surface area contributed by atoms with E-state index in [9.17, 15) is 4.79 Å². The molecule has 0 atom stereocenters. The van der Waals surface area contributed by atoms with E-state index >= 15 is 0 Å². The van der Waals surface area contributed by atoms with Gasteiger partial charge in [0, 0.05) is 10.9 Å². The van der Waals surface area contributed by atoms with E-state index in [4.69, 9.17) is 9.47 Å². The second-order valence-corrected chi connectivity index (χ2v) is 3.85. The summed E-state index contributed by atoms with van der Waals surface area (Å²) >= 11 is 3.38. The fourth-order valence-electron chi connectivity index (χ4n) is 1.36. The van der Waals surface area contributed by atoms with Gasteiger partial charge in [-0.25, -0.2) is 4.79 Å². The van der Waals surface area contributed by atoms with Gasteiger partial charge in [-0.15, -0.1) is 0 Å². The molecule has 0 saturated heterocycles. The van der Waals surface area contributed by atoms with Gasteiger partial charge in [-0.3, -0.25) is 0 Å². The first-order valence-corrected chi connectivity index (χ1v) is 6.24. The molecule has 0 amide bonds. The van der Waals surface area contributed by atoms with Crippen LogP contribution in [-0.4, -0.2) is 19.2 Å². The zero-order valence-electron chi connectivity index (χ0n) is 9.46. The quantitative estimate of drug-likeness (QED) is 0.617. The van der Waals surface area contributed by atoms with Crippen molar-refractivity contribution in [2.75, 3.05) is 13.2 Å². The van der Waals surface area contributed by atoms with Gasteiger partial charge in [0.1, 0.15) is 5.75 Å². The van der Waals surface area contributed by atoms with E-state index in [0.717, 1.165) is 16.9 Å². The summed E-state index contributed by atoms with van der Waals surface area (Å²) in [5, 5.41) is 0.701. The Morgan fingerprint density at radius 1 is 1.44 bits per heavy atom. The molecule has 0 spiro atoms. The molecule has 3 nitrogen and oxygen atoms in total. The normalized spacial score (nSPS) is 9.94. The molecule has 0 bridgehead atoms. The number of para-hydroxylation sites is 1. The molecule has 0 unspecified atom stereocenters. The Kier molecular flexibility index (Phi) is 5.32. The third kappa shape index (κ3) is 3.52. The number of ether oxygens (including phenoxy) is 2. The number of halogens is 1. The van der Waals surface area contributed by atoms with Crippen LogP contribution in [0.1, 0.15) is 18.1 Å². The van der Waals surface area contributed by atoms with Crippen LogP contribution in [0.3, 0.4) is 0 Å². The van der Waals surface area contributed by atoms with Gasteiger partial charge in [-0.2, -0.15) is 0 Å². The van der Waals surface area contributed by atoms with Crippen LogP contribution in [0.4, 0.5) is 0 Å². The zero-order chi connectivity index (χ0) is 12.0. The maximum atomic E-state index is 11.2. The number of carbonyl (C=O) groups is 1. The molecule has 16 heavy (non-hydrogen) atoms. The lowest BCUT2D eigenvalue weighted by molar-refractivity contribution is -0.145. The van der Waals surface area contributed by atoms with Crippen molar-refractivity contribution in [2.24, 2.45) is 0 Å². The monoisotopic (exact) mass is 286 g/mol. The van der Waals surface area contributed by atoms with Crippen molar-refractivity contribution in [3.63, 3.8) is 0 Å². The Hall–Kier alpha value is -1.03. The van der Waals surface area contributed by atoms with E-state index in [2.05, 4.69) is 15.9 Å². The summed E-state index contributed by atoms with van der Waals surface area (Å²) in [6.45, 7) is 4.06. The van der Waals surface area contributed by atoms with Crippen molar-refractivity contribution < 1.29 is 14.3 Å². The van der Waals surface area contributed by atoms with E-state index in [1.807, 2.05) is 25.1 Å². The lowest BCUT2D eigenvalue weighted by Gasteiger charge is -2.12. The van der Waals surface area contributed by atoms with Crippen LogP contribution in [0.25, 0.3) is 0 Å². The lowest BCUT2D eigenvalue weighted by Crippen LogP contribution is -2.15. The van der Waals surface area contributed by atoms with Crippen LogP contribution >= 0.6 is 15.9 Å². The SMILES string of the molecule is CCOC(=O)COc1c(C)cccc1CBr. The second kappa shape index (κ2) is 6.53. The van der Waals surface area contributed by atoms with Crippen molar-refractivity contribution in [1.82, 2.24) is 0 Å². The summed E-state index contributed by atoms with van der Waals surface area (Å²) in [7, 11) is 0. The van der Waals surface area contributed by atoms with Crippen LogP contribution in [0, 0.1) is 6.92 Å². The average molecular weight is 287 g/mol. The fraction of sp³-hybridized carbons (Fsp3) is 0.417. The Balaban J connectivity index is 2.69. The highest BCUT2D eigenvalue weighted by Gasteiger charge is 2.08. The van der Waals surface area contributed by atoms with Gasteiger partial charge in [0.15, 0.2) is 6.61 Å². The summed E-state index contributed by atoms with van der Waals surface area (Å²) in [4.78, 5) is 11.2. The average Bonchev–Trinajstić information content (AvgIpc) is 2.27. The molecule has 0 aliphatic heterocycles. The van der Waals surface area contributed by atoms with E-state index in [1.165, 1.54) is 0 Å². The van der Waals surface area contributed by atoms with Crippen molar-refractivity contribution in [3.8, 4) is 5.75 Å². The van der Waals surface area contributed by atoms with Gasteiger partial charge in [0.05, 0.1) is 6.61 Å². The first-order valence-electron chi connectivity index (χ1n) is 5.12. The number of esters is 1. The fourth-order valence-corrected chi connectivity index (χ4v) is 1.80. The Labute approximate surface area is 104 Å². The van der Waals surface area contributed by atoms with Gasteiger partial charge < -0.3 is 9.47 Å². The molecule has 0 saturated carbocycles. The number of carbonyl (C=O) groups excluding carboxylic acids is 1. The Morgan fingerprint density at radius 3 is 2.81 bits per heavy atom. The smallest absolute Gasteiger partial charge is 0.344 e. The first kappa shape index (κ1) is 13.0. The third-order valence-corrected chi connectivity index (χ3v) is 2.68. The van der Waals surface area contributed by atoms with E-state index in [-0.39, 0.29) is 12.6 Å². The molecule has 0 radical (unpaired) electrons. The molecule has 0 fully saturated rings. The summed E-state index contributed by atoms with van der Waals surface area (Å²) in [6.07, 6.45) is 0. The maximum absolute atomic E-state index is 11.2. The Bertz CT molecular complexity index is 363. The number of alkyl halides is 1. The molecule has 0 N–H and O–H groups in total. The number of benzene rings is 1. The highest BCUT2D eigenvalue weighted by Crippen LogP contribution is 2.25. The number of rotatable bonds is 5. The summed E-state index contributed by atoms with van der Waals surface area (Å²) in [5.41, 5.74) is 2.05. The molecule has 88 valence electrons. The van der Waals surface area contributed by atoms with Gasteiger partial charge in [-0.05, 0) is 19.4 Å². The maximum Gasteiger partial charge on any atom is 0.344 e. The highest BCUT2D eigenvalue weighted by molar-refractivity contribution is 9.08. The molecule has 1 aromatic carbocycles. The van der Waals surface area contributed by atoms with Gasteiger partial charge in [0.2, 0.25) is 0 Å². The first-order chi connectivity index (χ1) is 7.69. The molecule has 1 rings (SSSR count). The molecule has 4 heteroatoms. The molecule has 1 aromatic rings. The van der Waals surface area contributed by atoms with Crippen molar-refractivity contribution in [3.05, 3.63) is 29.3 Å². The summed E-state index contributed by atoms with van der Waals surface area (Å²) < 4.78 is 10.3. The molecular formula is C12H15BrO3. The van der Waals surface area contributed by atoms with Crippen LogP contribution in [0.5, 0.6) is 5.75 Å². The minimum absolute atomic E-state index is 0.0430. The second-order valence-electron chi connectivity index (χ2n) is 3.29. The predicted octanol–water partition coefficient (Wildman–Crippen LogP) is 2.83. The molecular weight excluding hydrogens is 272 g/mol. The predicted molar refractivity (Wildman–Crippen MR) is 65.9 cm³/mol. The largest absolute Gasteiger partial charge is 0.481 e. The van der Waals surface area contributed by atoms with Crippen LogP contribution < -0.4 is 4.74 Å². The van der Waals surface area contributed by atoms with Gasteiger partial charge in [-0.1, -0.05) is 34.1 Å². The van der Waals surface area contributed by atoms with Gasteiger partial charge in [0.25, 0.3) is 0 Å². The lowest BCUT2D eigenvalue weighted by atomic mass is 10.1. The summed E-state index contributed by atoms with van der Waals surface area (Å²) in [5.74, 6) is 0.415. The standard InChI is InChI=1S/C12H15BrO3/c1-3-15-11(14)8-16-12-9(2)5-4-6-10(12)7-13/h4-6H,3,7-8H2,1-2H3. The van der Waals surface area contributed by atoms with Gasteiger partial charge >= 0.3 is 5.97 Å². The highest BCUT2D eigenvalue weighted by atomic mass is 79.9. The molecule has 0 aliphatic carbocycles. The van der Waals surface area contributed by atoms with E-state index in [1.54, 1.807) is 6.92 Å². The van der Waals surface area contributed by atoms with Crippen molar-refractivity contribution in [1.29, 1.82) is 0 Å². The molecule has 0 aliphatic rings. The van der Waals surface area contributed by atoms with E-state index in [0.29, 0.717) is 11.9 Å². The minimum atomic E-state index is -0.341. The van der Waals surface area contributed by atoms with Crippen molar-refractivity contribution in [2.45, 2.75) is 19.2 Å². The number of hydrogen-bond donors (Lipinski definition) is 0. The third-order valence-electron chi connectivity index (χ3n) is 2.08. The Morgan fingerprint density at radius 2 is 2.19 bits per heavy atom. The molecule has 0 aromatic heterocycles.